The fourth-order valence-electron chi connectivity index (χ4n) is 14.6. The predicted octanol–water partition coefficient (Wildman–Crippen LogP) is -0.330. The number of carboxylic acid groups (broad SMARTS) is 1. The molecule has 0 aliphatic carbocycles. The molecule has 6 rings (SSSR count). The Balaban J connectivity index is 0.00000777. The lowest BCUT2D eigenvalue weighted by Gasteiger charge is -2.39. The van der Waals surface area contributed by atoms with Crippen molar-refractivity contribution in [3.8, 4) is 5.75 Å². The number of ether oxygens (including phenoxy) is 1. The molecule has 1 aliphatic heterocycles. The van der Waals surface area contributed by atoms with E-state index < -0.39 is 195 Å². The number of unbranched alkanes of at least 4 members (excludes halogenated alkanes) is 3. The van der Waals surface area contributed by atoms with Crippen molar-refractivity contribution in [2.24, 2.45) is 34.6 Å². The largest absolute Gasteiger partial charge is 0.492 e. The van der Waals surface area contributed by atoms with Crippen LogP contribution in [0.4, 0.5) is 0 Å². The molecule has 27 N–H and O–H groups in total. The molecule has 1 aromatic heterocycles. The number of carbonyl (C=O) groups is 18. The number of benzene rings is 4. The highest BCUT2D eigenvalue weighted by Gasteiger charge is 2.47. The molecule has 13 atom stereocenters. The smallest absolute Gasteiger partial charge is 0.300 e. The van der Waals surface area contributed by atoms with Gasteiger partial charge in [0, 0.05) is 93.2 Å². The summed E-state index contributed by atoms with van der Waals surface area (Å²) < 4.78 is 2.58. The number of aromatic nitrogens is 1. The van der Waals surface area contributed by atoms with E-state index >= 15 is 28.8 Å². The van der Waals surface area contributed by atoms with Gasteiger partial charge in [-0.15, -0.1) is 0 Å². The van der Waals surface area contributed by atoms with Crippen LogP contribution < -0.4 is 108 Å². The number of carboxylic acids is 1. The third kappa shape index (κ3) is 37.2. The van der Waals surface area contributed by atoms with Gasteiger partial charge < -0.3 is 123 Å². The van der Waals surface area contributed by atoms with Gasteiger partial charge in [0.1, 0.15) is 84.4 Å². The summed E-state index contributed by atoms with van der Waals surface area (Å²) in [4.78, 5) is 256. The van der Waals surface area contributed by atoms with Gasteiger partial charge in [0.25, 0.3) is 5.97 Å². The predicted molar refractivity (Wildman–Crippen MR) is 505 cm³/mol. The molecule has 0 spiro atoms. The fraction of sp³-hybridized carbons (Fsp3) is 0.538. The molecule has 1 aliphatic rings. The number of nitrogens with one attached hydrogen (secondary N) is 15. The summed E-state index contributed by atoms with van der Waals surface area (Å²) in [7, 11) is 1.82. The number of aliphatic carboxylic acids is 1. The average Bonchev–Trinajstić information content (AvgIpc) is 1.45. The Morgan fingerprint density at radius 3 is 1.72 bits per heavy atom. The van der Waals surface area contributed by atoms with Gasteiger partial charge in [-0.3, -0.25) is 86.3 Å². The van der Waals surface area contributed by atoms with Crippen molar-refractivity contribution < 1.29 is 101 Å². The molecule has 1 fully saturated rings. The van der Waals surface area contributed by atoms with Crippen LogP contribution in [0.25, 0.3) is 21.7 Å². The van der Waals surface area contributed by atoms with Crippen molar-refractivity contribution >= 4 is 150 Å². The zero-order valence-corrected chi connectivity index (χ0v) is 79.8. The summed E-state index contributed by atoms with van der Waals surface area (Å²) >= 11 is 0. The maximum atomic E-state index is 16.4. The summed E-state index contributed by atoms with van der Waals surface area (Å²) in [6.07, 6.45) is -2.04. The second-order valence-electron chi connectivity index (χ2n) is 34.9. The first kappa shape index (κ1) is 112. The Bertz CT molecular complexity index is 4950. The van der Waals surface area contributed by atoms with Crippen molar-refractivity contribution in [2.45, 2.75) is 274 Å². The molecule has 134 heavy (non-hydrogen) atoms. The number of rotatable bonds is 44. The fourth-order valence-corrected chi connectivity index (χ4v) is 17.4. The first-order chi connectivity index (χ1) is 63.0. The van der Waals surface area contributed by atoms with E-state index in [0.717, 1.165) is 58.7 Å². The first-order valence-electron chi connectivity index (χ1n) is 44.4. The number of nitrogens with two attached hydrogens (primary N) is 5. The quantitative estimate of drug-likeness (QED) is 0.0175. The zero-order chi connectivity index (χ0) is 100. The van der Waals surface area contributed by atoms with Crippen molar-refractivity contribution in [1.82, 2.24) is 79.4 Å². The van der Waals surface area contributed by atoms with E-state index in [2.05, 4.69) is 79.4 Å². The highest BCUT2D eigenvalue weighted by Crippen LogP contribution is 2.47. The Morgan fingerprint density at radius 1 is 0.560 bits per heavy atom. The van der Waals surface area contributed by atoms with Gasteiger partial charge >= 0.3 is 0 Å². The molecule has 43 heteroatoms. The average molecular weight is 1910 g/mol. The van der Waals surface area contributed by atoms with Crippen molar-refractivity contribution in [3.05, 3.63) is 113 Å². The number of hydrogen-bond donors (Lipinski definition) is 22. The third-order valence-corrected chi connectivity index (χ3v) is 26.0. The second kappa shape index (κ2) is 54.0. The van der Waals surface area contributed by atoms with Gasteiger partial charge in [0.15, 0.2) is 0 Å². The number of aliphatic hydroxyl groups is 1. The molecule has 5 aromatic rings. The normalized spacial score (nSPS) is 18.9. The van der Waals surface area contributed by atoms with Crippen molar-refractivity contribution in [3.63, 3.8) is 0 Å². The molecule has 1 saturated heterocycles. The Kier molecular flexibility index (Phi) is 45.2. The van der Waals surface area contributed by atoms with Gasteiger partial charge in [-0.1, -0.05) is 108 Å². The van der Waals surface area contributed by atoms with E-state index in [-0.39, 0.29) is 128 Å². The van der Waals surface area contributed by atoms with Crippen molar-refractivity contribution in [2.75, 3.05) is 32.8 Å². The first-order valence-corrected chi connectivity index (χ1v) is 46.5. The topological polar surface area (TPSA) is 671 Å². The van der Waals surface area contributed by atoms with Crippen LogP contribution in [0.1, 0.15) is 182 Å². The molecule has 0 bridgehead atoms. The molecule has 17 amide bonds. The van der Waals surface area contributed by atoms with Gasteiger partial charge in [-0.25, -0.2) is 0 Å². The molecular formula is C91H134N20O21S2. The summed E-state index contributed by atoms with van der Waals surface area (Å²) in [5.41, 5.74) is 29.6. The summed E-state index contributed by atoms with van der Waals surface area (Å²) in [5.74, 6) is -16.6. The second-order valence-corrected chi connectivity index (χ2v) is 38.4. The van der Waals surface area contributed by atoms with E-state index in [1.54, 1.807) is 80.7 Å². The SMILES string of the molecule is CC(=O)NCCCC[C@@H]1NC(=O)[C@H](Cc2c[nH]c3c(C)cccc23)NC(=O)[C@H]([C@@H](C)O)NC(=O)[C@H](CC(N)=O)NC(=O)[C@@H](NC(C)=O)C(C)(C)SSC(C)(C)[C@@H](C(=O)N[C@@H](Cc2ccc(OCCN)cc2)C(=O)N[C@@H](Cc2ccc3ccccc3c2)C(=O)N[C@@](C)(CCCCN)C(=O)N[C@@H](CCCCNC(C)=O)C(=O)N[C@@H](CC(N)=O)C(=O)N[C@H](CC(C)C)C(N)=O)NC1=O.CC(=O)O. The van der Waals surface area contributed by atoms with Crippen LogP contribution in [0.3, 0.4) is 0 Å². The number of carbonyl (C=O) groups excluding carboxylic acids is 17. The van der Waals surface area contributed by atoms with Crippen LogP contribution in [0.2, 0.25) is 0 Å². The van der Waals surface area contributed by atoms with E-state index in [0.29, 0.717) is 39.8 Å². The van der Waals surface area contributed by atoms with Gasteiger partial charge in [-0.05, 0) is 170 Å². The summed E-state index contributed by atoms with van der Waals surface area (Å²) in [6, 6.07) is 5.79. The van der Waals surface area contributed by atoms with Gasteiger partial charge in [0.2, 0.25) is 100 Å². The lowest BCUT2D eigenvalue weighted by atomic mass is 9.91. The number of para-hydroxylation sites is 1. The minimum atomic E-state index is -2.02. The number of hydrogen-bond acceptors (Lipinski definition) is 24. The maximum absolute atomic E-state index is 16.4. The molecule has 41 nitrogen and oxygen atoms in total. The summed E-state index contributed by atoms with van der Waals surface area (Å²) in [5, 5.41) is 58.4. The monoisotopic (exact) mass is 1910 g/mol. The minimum absolute atomic E-state index is 0.0854. The highest BCUT2D eigenvalue weighted by molar-refractivity contribution is 8.77. The lowest BCUT2D eigenvalue weighted by Crippen LogP contribution is -2.65. The molecule has 736 valence electrons. The Hall–Kier alpha value is -12.5. The Morgan fingerprint density at radius 2 is 1.12 bits per heavy atom. The molecular weight excluding hydrogens is 1770 g/mol. The lowest BCUT2D eigenvalue weighted by molar-refractivity contribution is -0.138. The number of H-pyrrole nitrogens is 1. The molecule has 2 heterocycles. The molecule has 4 aromatic carbocycles. The van der Waals surface area contributed by atoms with Crippen LogP contribution in [0.15, 0.2) is 91.1 Å². The van der Waals surface area contributed by atoms with E-state index in [1.165, 1.54) is 48.5 Å². The highest BCUT2D eigenvalue weighted by atomic mass is 33.1. The van der Waals surface area contributed by atoms with Crippen LogP contribution in [0, 0.1) is 12.8 Å². The van der Waals surface area contributed by atoms with E-state index in [4.69, 9.17) is 43.3 Å². The summed E-state index contributed by atoms with van der Waals surface area (Å²) in [6.45, 7) is 19.5. The minimum Gasteiger partial charge on any atom is -0.492 e. The van der Waals surface area contributed by atoms with Crippen molar-refractivity contribution in [1.29, 1.82) is 0 Å². The maximum Gasteiger partial charge on any atom is 0.300 e. The van der Waals surface area contributed by atoms with Crippen LogP contribution >= 0.6 is 21.6 Å². The van der Waals surface area contributed by atoms with E-state index in [1.807, 2.05) is 31.2 Å². The number of aryl methyl sites for hydroxylation is 1. The number of aliphatic hydroxyl groups excluding tert-OH is 1. The van der Waals surface area contributed by atoms with Crippen LogP contribution in [0.5, 0.6) is 5.75 Å². The molecule has 0 saturated carbocycles. The number of fused-ring (bicyclic) bond motifs is 2. The van der Waals surface area contributed by atoms with E-state index in [9.17, 15) is 57.8 Å². The van der Waals surface area contributed by atoms with Gasteiger partial charge in [-0.2, -0.15) is 0 Å². The van der Waals surface area contributed by atoms with Gasteiger partial charge in [0.05, 0.1) is 18.9 Å². The third-order valence-electron chi connectivity index (χ3n) is 21.7. The Labute approximate surface area is 786 Å². The number of aromatic amines is 1. The number of primary amides is 3. The molecule has 0 radical (unpaired) electrons. The zero-order valence-electron chi connectivity index (χ0n) is 78.2. The standard InChI is InChI=1S/C89H130N20O19S2.C2H4O2/c1-48(2)40-63(75(94)116)100-80(121)67(45-69(92)114)102-76(117)62(27-16-20-38-96-52(6)112)106-86(127)89(12,34-17-18-35-90)109-82(123)65(43-55-28-31-56-23-13-14-24-57(56)41-55)101-78(119)64(42-54-29-32-59(33-30-54)128-39-36-91)104-85(126)74-88(10,11)130-129-87(8,9)73(98-53(7)113)84(125)105-68(46-70(93)115)81(122)107-72(50(4)110)83(124)103-66(44-58-47-97-71-49(3)22-21-25-60(58)71)79(120)99-61(77(118)108-74)26-15-19-37-95-51(5)111;1-2(3)4/h13-14,21-25,28-33,41,47-48,50,61-68,72-74,97,110H,15-20,26-27,34-40,42-46,90-91H2,1-12H3,(H2,92,114)(H2,93,115)(H2,94,116)(H,95,111)(H,96,112)(H,98,113)(H,99,120)(H,100,121)(H,101,119)(H,102,117)(H,103,124)(H,104,126)(H,105,125)(H,106,127)(H,107,122)(H,108,118)(H,109,123);1H3,(H,3,4)/t50-,61+,62+,63-,64+,65+,66+,67+,68+,72+,73-,74-,89+;/m1./s1. The number of amides is 17. The van der Waals surface area contributed by atoms with Crippen LogP contribution in [-0.2, 0) is 106 Å². The molecule has 0 unspecified atom stereocenters. The van der Waals surface area contributed by atoms with Crippen LogP contribution in [-0.4, -0.2) is 242 Å².